The SMILES string of the molecule is CNCC(C)Cc1c(C)nc(C2CCCC(C)C2)nc1C. The maximum absolute atomic E-state index is 4.87. The van der Waals surface area contributed by atoms with E-state index in [1.54, 1.807) is 0 Å². The average Bonchev–Trinajstić information content (AvgIpc) is 2.43. The van der Waals surface area contributed by atoms with Crippen LogP contribution in [0.4, 0.5) is 0 Å². The molecule has 1 aromatic rings. The number of rotatable bonds is 5. The van der Waals surface area contributed by atoms with Gasteiger partial charge in [-0.2, -0.15) is 0 Å². The molecule has 1 aliphatic carbocycles. The fraction of sp³-hybridized carbons (Fsp3) is 0.778. The molecule has 0 aromatic carbocycles. The zero-order valence-electron chi connectivity index (χ0n) is 14.4. The highest BCUT2D eigenvalue weighted by Gasteiger charge is 2.24. The van der Waals surface area contributed by atoms with E-state index in [4.69, 9.17) is 9.97 Å². The lowest BCUT2D eigenvalue weighted by atomic mass is 9.82. The first-order valence-corrected chi connectivity index (χ1v) is 8.49. The van der Waals surface area contributed by atoms with Crippen molar-refractivity contribution in [1.29, 1.82) is 0 Å². The van der Waals surface area contributed by atoms with E-state index >= 15 is 0 Å². The van der Waals surface area contributed by atoms with Gasteiger partial charge < -0.3 is 5.32 Å². The van der Waals surface area contributed by atoms with Crippen LogP contribution in [0, 0.1) is 25.7 Å². The minimum atomic E-state index is 0.579. The van der Waals surface area contributed by atoms with Gasteiger partial charge in [0.25, 0.3) is 0 Å². The molecule has 1 N–H and O–H groups in total. The second-order valence-electron chi connectivity index (χ2n) is 7.07. The third-order valence-corrected chi connectivity index (χ3v) is 4.84. The Morgan fingerprint density at radius 3 is 2.43 bits per heavy atom. The van der Waals surface area contributed by atoms with Crippen LogP contribution in [0.3, 0.4) is 0 Å². The highest BCUT2D eigenvalue weighted by atomic mass is 14.9. The van der Waals surface area contributed by atoms with Crippen molar-refractivity contribution in [1.82, 2.24) is 15.3 Å². The van der Waals surface area contributed by atoms with Crippen LogP contribution in [-0.4, -0.2) is 23.6 Å². The molecule has 3 atom stereocenters. The zero-order valence-corrected chi connectivity index (χ0v) is 14.4. The van der Waals surface area contributed by atoms with Crippen LogP contribution in [0.1, 0.15) is 68.2 Å². The van der Waals surface area contributed by atoms with E-state index in [0.29, 0.717) is 11.8 Å². The van der Waals surface area contributed by atoms with Crippen LogP contribution in [0.5, 0.6) is 0 Å². The van der Waals surface area contributed by atoms with Gasteiger partial charge in [-0.05, 0) is 64.1 Å². The van der Waals surface area contributed by atoms with Crippen molar-refractivity contribution in [3.63, 3.8) is 0 Å². The summed E-state index contributed by atoms with van der Waals surface area (Å²) >= 11 is 0. The number of aromatic nitrogens is 2. The third kappa shape index (κ3) is 4.26. The molecule has 3 nitrogen and oxygen atoms in total. The zero-order chi connectivity index (χ0) is 15.4. The Hall–Kier alpha value is -0.960. The topological polar surface area (TPSA) is 37.8 Å². The predicted octanol–water partition coefficient (Wildman–Crippen LogP) is 3.79. The van der Waals surface area contributed by atoms with Crippen LogP contribution in [-0.2, 0) is 6.42 Å². The monoisotopic (exact) mass is 289 g/mol. The van der Waals surface area contributed by atoms with Crippen molar-refractivity contribution in [3.05, 3.63) is 22.8 Å². The van der Waals surface area contributed by atoms with Gasteiger partial charge in [-0.15, -0.1) is 0 Å². The van der Waals surface area contributed by atoms with E-state index in [-0.39, 0.29) is 0 Å². The van der Waals surface area contributed by atoms with Gasteiger partial charge in [0, 0.05) is 17.3 Å². The molecule has 21 heavy (non-hydrogen) atoms. The maximum Gasteiger partial charge on any atom is 0.131 e. The standard InChI is InChI=1S/C18H31N3/c1-12-7-6-8-16(9-12)18-20-14(3)17(15(4)21-18)10-13(2)11-19-5/h12-13,16,19H,6-11H2,1-5H3. The normalized spacial score (nSPS) is 24.0. The maximum atomic E-state index is 4.87. The fourth-order valence-electron chi connectivity index (χ4n) is 3.68. The van der Waals surface area contributed by atoms with E-state index in [9.17, 15) is 0 Å². The predicted molar refractivity (Wildman–Crippen MR) is 88.7 cm³/mol. The molecule has 2 rings (SSSR count). The van der Waals surface area contributed by atoms with Crippen LogP contribution in [0.15, 0.2) is 0 Å². The van der Waals surface area contributed by atoms with Gasteiger partial charge in [-0.1, -0.05) is 26.7 Å². The molecule has 3 heteroatoms. The molecule has 0 spiro atoms. The van der Waals surface area contributed by atoms with Gasteiger partial charge in [-0.25, -0.2) is 9.97 Å². The van der Waals surface area contributed by atoms with Gasteiger partial charge >= 0.3 is 0 Å². The molecule has 1 aromatic heterocycles. The van der Waals surface area contributed by atoms with Crippen molar-refractivity contribution in [2.45, 2.75) is 65.7 Å². The Morgan fingerprint density at radius 1 is 1.19 bits per heavy atom. The number of hydrogen-bond acceptors (Lipinski definition) is 3. The van der Waals surface area contributed by atoms with Crippen molar-refractivity contribution in [2.75, 3.05) is 13.6 Å². The fourth-order valence-corrected chi connectivity index (χ4v) is 3.68. The molecule has 1 heterocycles. The molecule has 0 radical (unpaired) electrons. The molecule has 1 fully saturated rings. The molecule has 1 saturated carbocycles. The average molecular weight is 289 g/mol. The Balaban J connectivity index is 2.16. The van der Waals surface area contributed by atoms with Gasteiger partial charge in [-0.3, -0.25) is 0 Å². The van der Waals surface area contributed by atoms with Crippen molar-refractivity contribution >= 4 is 0 Å². The summed E-state index contributed by atoms with van der Waals surface area (Å²) in [7, 11) is 2.01. The van der Waals surface area contributed by atoms with Gasteiger partial charge in [0.15, 0.2) is 0 Å². The lowest BCUT2D eigenvalue weighted by Crippen LogP contribution is -2.20. The summed E-state index contributed by atoms with van der Waals surface area (Å²) < 4.78 is 0. The van der Waals surface area contributed by atoms with Crippen LogP contribution in [0.25, 0.3) is 0 Å². The van der Waals surface area contributed by atoms with Gasteiger partial charge in [0.1, 0.15) is 5.82 Å². The Morgan fingerprint density at radius 2 is 1.86 bits per heavy atom. The number of aryl methyl sites for hydroxylation is 2. The lowest BCUT2D eigenvalue weighted by Gasteiger charge is -2.26. The number of nitrogens with one attached hydrogen (secondary N) is 1. The number of hydrogen-bond donors (Lipinski definition) is 1. The molecule has 3 unspecified atom stereocenters. The molecule has 118 valence electrons. The second-order valence-corrected chi connectivity index (χ2v) is 7.07. The highest BCUT2D eigenvalue weighted by molar-refractivity contribution is 5.26. The summed E-state index contributed by atoms with van der Waals surface area (Å²) in [6.07, 6.45) is 6.29. The summed E-state index contributed by atoms with van der Waals surface area (Å²) in [5.74, 6) is 3.12. The summed E-state index contributed by atoms with van der Waals surface area (Å²) in [5.41, 5.74) is 3.74. The van der Waals surface area contributed by atoms with Gasteiger partial charge in [0.05, 0.1) is 0 Å². The first kappa shape index (κ1) is 16.4. The van der Waals surface area contributed by atoms with E-state index in [1.807, 2.05) is 7.05 Å². The molecule has 0 aliphatic heterocycles. The molecule has 0 bridgehead atoms. The molecular weight excluding hydrogens is 258 g/mol. The van der Waals surface area contributed by atoms with E-state index in [1.165, 1.54) is 42.6 Å². The van der Waals surface area contributed by atoms with Crippen molar-refractivity contribution in [2.24, 2.45) is 11.8 Å². The summed E-state index contributed by atoms with van der Waals surface area (Å²) in [6, 6.07) is 0. The van der Waals surface area contributed by atoms with Gasteiger partial charge in [0.2, 0.25) is 0 Å². The first-order valence-electron chi connectivity index (χ1n) is 8.49. The minimum Gasteiger partial charge on any atom is -0.319 e. The quantitative estimate of drug-likeness (QED) is 0.896. The Bertz CT molecular complexity index is 447. The van der Waals surface area contributed by atoms with Crippen LogP contribution in [0.2, 0.25) is 0 Å². The highest BCUT2D eigenvalue weighted by Crippen LogP contribution is 2.34. The van der Waals surface area contributed by atoms with E-state index in [2.05, 4.69) is 33.0 Å². The van der Waals surface area contributed by atoms with Crippen molar-refractivity contribution in [3.8, 4) is 0 Å². The van der Waals surface area contributed by atoms with E-state index in [0.717, 1.165) is 24.7 Å². The molecular formula is C18H31N3. The largest absolute Gasteiger partial charge is 0.319 e. The first-order chi connectivity index (χ1) is 10.0. The second kappa shape index (κ2) is 7.35. The number of nitrogens with zero attached hydrogens (tertiary/aromatic N) is 2. The summed E-state index contributed by atoms with van der Waals surface area (Å²) in [4.78, 5) is 9.75. The smallest absolute Gasteiger partial charge is 0.131 e. The summed E-state index contributed by atoms with van der Waals surface area (Å²) in [6.45, 7) is 10.0. The third-order valence-electron chi connectivity index (χ3n) is 4.84. The van der Waals surface area contributed by atoms with Crippen molar-refractivity contribution < 1.29 is 0 Å². The molecule has 0 amide bonds. The Kier molecular flexibility index (Phi) is 5.74. The van der Waals surface area contributed by atoms with Crippen LogP contribution >= 0.6 is 0 Å². The minimum absolute atomic E-state index is 0.579. The Labute approximate surface area is 130 Å². The summed E-state index contributed by atoms with van der Waals surface area (Å²) in [5, 5.41) is 3.25. The van der Waals surface area contributed by atoms with E-state index < -0.39 is 0 Å². The molecule has 1 aliphatic rings. The molecule has 0 saturated heterocycles. The van der Waals surface area contributed by atoms with Crippen LogP contribution < -0.4 is 5.32 Å². The lowest BCUT2D eigenvalue weighted by molar-refractivity contribution is 0.334.